The van der Waals surface area contributed by atoms with Gasteiger partial charge in [0.15, 0.2) is 0 Å². The van der Waals surface area contributed by atoms with Gasteiger partial charge in [0.1, 0.15) is 5.82 Å². The molecular weight excluding hydrogens is 361 g/mol. The SMILES string of the molecule is CCOC(=O)N1CCC(N2C(=O)CC[C@H]2CCNCc2ccc(F)cc2)CC1. The Kier molecular flexibility index (Phi) is 7.25. The molecule has 1 N–H and O–H groups in total. The molecule has 154 valence electrons. The first kappa shape index (κ1) is 20.6. The van der Waals surface area contributed by atoms with Crippen LogP contribution in [-0.4, -0.2) is 60.1 Å². The molecule has 3 rings (SSSR count). The molecule has 7 heteroatoms. The number of carbonyl (C=O) groups excluding carboxylic acids is 2. The fourth-order valence-electron chi connectivity index (χ4n) is 4.19. The van der Waals surface area contributed by atoms with E-state index in [-0.39, 0.29) is 29.9 Å². The summed E-state index contributed by atoms with van der Waals surface area (Å²) < 4.78 is 18.0. The number of benzene rings is 1. The maximum Gasteiger partial charge on any atom is 0.409 e. The van der Waals surface area contributed by atoms with Crippen molar-refractivity contribution in [2.45, 2.75) is 57.7 Å². The van der Waals surface area contributed by atoms with Crippen LogP contribution in [0.5, 0.6) is 0 Å². The molecule has 0 aromatic heterocycles. The van der Waals surface area contributed by atoms with Gasteiger partial charge in [-0.3, -0.25) is 4.79 Å². The van der Waals surface area contributed by atoms with Crippen molar-refractivity contribution in [1.29, 1.82) is 0 Å². The summed E-state index contributed by atoms with van der Waals surface area (Å²) in [5, 5.41) is 3.39. The number of nitrogens with zero attached hydrogens (tertiary/aromatic N) is 2. The first-order valence-corrected chi connectivity index (χ1v) is 10.3. The number of halogens is 1. The van der Waals surface area contributed by atoms with E-state index in [1.54, 1.807) is 17.0 Å². The number of hydrogen-bond donors (Lipinski definition) is 1. The maximum atomic E-state index is 13.0. The van der Waals surface area contributed by atoms with E-state index in [2.05, 4.69) is 10.2 Å². The Morgan fingerprint density at radius 2 is 1.93 bits per heavy atom. The molecule has 28 heavy (non-hydrogen) atoms. The van der Waals surface area contributed by atoms with Gasteiger partial charge in [-0.1, -0.05) is 12.1 Å². The molecular formula is C21H30FN3O3. The number of ether oxygens (including phenoxy) is 1. The number of rotatable bonds is 7. The molecule has 1 aromatic rings. The molecule has 1 aromatic carbocycles. The molecule has 2 heterocycles. The third-order valence-electron chi connectivity index (χ3n) is 5.65. The van der Waals surface area contributed by atoms with Crippen molar-refractivity contribution in [2.75, 3.05) is 26.2 Å². The van der Waals surface area contributed by atoms with Gasteiger partial charge in [0.25, 0.3) is 0 Å². The van der Waals surface area contributed by atoms with E-state index in [9.17, 15) is 14.0 Å². The first-order valence-electron chi connectivity index (χ1n) is 10.3. The molecule has 2 aliphatic rings. The average molecular weight is 391 g/mol. The second-order valence-corrected chi connectivity index (χ2v) is 7.50. The fraction of sp³-hybridized carbons (Fsp3) is 0.619. The average Bonchev–Trinajstić information content (AvgIpc) is 3.07. The van der Waals surface area contributed by atoms with Crippen LogP contribution in [-0.2, 0) is 16.1 Å². The van der Waals surface area contributed by atoms with Crippen LogP contribution in [0.3, 0.4) is 0 Å². The van der Waals surface area contributed by atoms with Crippen LogP contribution in [0, 0.1) is 5.82 Å². The molecule has 2 aliphatic heterocycles. The lowest BCUT2D eigenvalue weighted by atomic mass is 10.0. The van der Waals surface area contributed by atoms with Crippen molar-refractivity contribution in [3.05, 3.63) is 35.6 Å². The number of nitrogens with one attached hydrogen (secondary N) is 1. The molecule has 6 nitrogen and oxygen atoms in total. The smallest absolute Gasteiger partial charge is 0.409 e. The topological polar surface area (TPSA) is 61.9 Å². The molecule has 0 aliphatic carbocycles. The quantitative estimate of drug-likeness (QED) is 0.726. The predicted molar refractivity (Wildman–Crippen MR) is 104 cm³/mol. The van der Waals surface area contributed by atoms with Crippen LogP contribution in [0.15, 0.2) is 24.3 Å². The summed E-state index contributed by atoms with van der Waals surface area (Å²) in [6, 6.07) is 6.97. The van der Waals surface area contributed by atoms with Gasteiger partial charge < -0.3 is 19.9 Å². The molecule has 1 atom stereocenters. The van der Waals surface area contributed by atoms with Crippen LogP contribution < -0.4 is 5.32 Å². The first-order chi connectivity index (χ1) is 13.6. The zero-order valence-corrected chi connectivity index (χ0v) is 16.5. The Labute approximate surface area is 166 Å². The molecule has 0 bridgehead atoms. The molecule has 0 radical (unpaired) electrons. The molecule has 2 amide bonds. The lowest BCUT2D eigenvalue weighted by molar-refractivity contribution is -0.132. The highest BCUT2D eigenvalue weighted by molar-refractivity contribution is 5.79. The molecule has 0 unspecified atom stereocenters. The van der Waals surface area contributed by atoms with Crippen LogP contribution in [0.25, 0.3) is 0 Å². The van der Waals surface area contributed by atoms with E-state index in [1.807, 2.05) is 6.92 Å². The van der Waals surface area contributed by atoms with Gasteiger partial charge in [-0.2, -0.15) is 0 Å². The summed E-state index contributed by atoms with van der Waals surface area (Å²) in [5.41, 5.74) is 1.05. The second kappa shape index (κ2) is 9.87. The maximum absolute atomic E-state index is 13.0. The van der Waals surface area contributed by atoms with Crippen molar-refractivity contribution < 1.29 is 18.7 Å². The van der Waals surface area contributed by atoms with Crippen molar-refractivity contribution in [3.8, 4) is 0 Å². The van der Waals surface area contributed by atoms with Gasteiger partial charge in [0, 0.05) is 38.1 Å². The number of piperidine rings is 1. The van der Waals surface area contributed by atoms with E-state index in [0.717, 1.165) is 37.8 Å². The van der Waals surface area contributed by atoms with Gasteiger partial charge in [0.05, 0.1) is 6.61 Å². The van der Waals surface area contributed by atoms with Gasteiger partial charge in [-0.25, -0.2) is 9.18 Å². The molecule has 0 saturated carbocycles. The number of amides is 2. The number of carbonyl (C=O) groups is 2. The van der Waals surface area contributed by atoms with Gasteiger partial charge in [-0.05, 0) is 56.8 Å². The normalized spacial score (nSPS) is 20.6. The van der Waals surface area contributed by atoms with E-state index < -0.39 is 0 Å². The van der Waals surface area contributed by atoms with Gasteiger partial charge in [-0.15, -0.1) is 0 Å². The van der Waals surface area contributed by atoms with Crippen LogP contribution in [0.2, 0.25) is 0 Å². The Bertz CT molecular complexity index is 659. The molecule has 2 fully saturated rings. The minimum Gasteiger partial charge on any atom is -0.450 e. The monoisotopic (exact) mass is 391 g/mol. The Hall–Kier alpha value is -2.15. The van der Waals surface area contributed by atoms with Gasteiger partial charge in [0.2, 0.25) is 5.91 Å². The lowest BCUT2D eigenvalue weighted by Gasteiger charge is -2.39. The summed E-state index contributed by atoms with van der Waals surface area (Å²) in [7, 11) is 0. The third-order valence-corrected chi connectivity index (χ3v) is 5.65. The minimum absolute atomic E-state index is 0.211. The van der Waals surface area contributed by atoms with Gasteiger partial charge >= 0.3 is 6.09 Å². The summed E-state index contributed by atoms with van der Waals surface area (Å²) in [4.78, 5) is 28.1. The predicted octanol–water partition coefficient (Wildman–Crippen LogP) is 2.92. The van der Waals surface area contributed by atoms with Crippen LogP contribution in [0.4, 0.5) is 9.18 Å². The highest BCUT2D eigenvalue weighted by Gasteiger charge is 2.37. The number of hydrogen-bond acceptors (Lipinski definition) is 4. The van der Waals surface area contributed by atoms with Crippen LogP contribution >= 0.6 is 0 Å². The largest absolute Gasteiger partial charge is 0.450 e. The van der Waals surface area contributed by atoms with E-state index in [1.165, 1.54) is 12.1 Å². The van der Waals surface area contributed by atoms with Crippen molar-refractivity contribution in [2.24, 2.45) is 0 Å². The zero-order valence-electron chi connectivity index (χ0n) is 16.5. The van der Waals surface area contributed by atoms with E-state index in [0.29, 0.717) is 32.7 Å². The summed E-state index contributed by atoms with van der Waals surface area (Å²) in [6.45, 7) is 4.98. The third kappa shape index (κ3) is 5.22. The fourth-order valence-corrected chi connectivity index (χ4v) is 4.19. The number of likely N-dealkylation sites (tertiary alicyclic amines) is 2. The molecule has 2 saturated heterocycles. The summed E-state index contributed by atoms with van der Waals surface area (Å²) in [5.74, 6) is 0.0102. The molecule has 0 spiro atoms. The highest BCUT2D eigenvalue weighted by Crippen LogP contribution is 2.28. The Morgan fingerprint density at radius 1 is 1.21 bits per heavy atom. The van der Waals surface area contributed by atoms with Crippen molar-refractivity contribution in [1.82, 2.24) is 15.1 Å². The van der Waals surface area contributed by atoms with Crippen molar-refractivity contribution in [3.63, 3.8) is 0 Å². The highest BCUT2D eigenvalue weighted by atomic mass is 19.1. The standard InChI is InChI=1S/C21H30FN3O3/c1-2-28-21(27)24-13-10-19(11-14-24)25-18(7-8-20(25)26)9-12-23-15-16-3-5-17(22)6-4-16/h3-6,18-19,23H,2,7-15H2,1H3/t18-/m0/s1. The second-order valence-electron chi connectivity index (χ2n) is 7.50. The van der Waals surface area contributed by atoms with E-state index >= 15 is 0 Å². The van der Waals surface area contributed by atoms with E-state index in [4.69, 9.17) is 4.74 Å². The minimum atomic E-state index is -0.254. The summed E-state index contributed by atoms with van der Waals surface area (Å²) >= 11 is 0. The Morgan fingerprint density at radius 3 is 2.61 bits per heavy atom. The zero-order chi connectivity index (χ0) is 19.9. The van der Waals surface area contributed by atoms with Crippen LogP contribution in [0.1, 0.15) is 44.6 Å². The lowest BCUT2D eigenvalue weighted by Crippen LogP contribution is -2.50. The Balaban J connectivity index is 1.44. The summed E-state index contributed by atoms with van der Waals surface area (Å²) in [6.07, 6.45) is 3.78. The van der Waals surface area contributed by atoms with Crippen molar-refractivity contribution >= 4 is 12.0 Å².